The van der Waals surface area contributed by atoms with Gasteiger partial charge in [-0.3, -0.25) is 0 Å². The van der Waals surface area contributed by atoms with Crippen LogP contribution in [0.15, 0.2) is 30.3 Å². The van der Waals surface area contributed by atoms with Crippen molar-refractivity contribution in [1.29, 1.82) is 0 Å². The molecule has 2 N–H and O–H groups in total. The predicted molar refractivity (Wildman–Crippen MR) is 86.9 cm³/mol. The third kappa shape index (κ3) is 5.77. The van der Waals surface area contributed by atoms with Crippen LogP contribution in [0.25, 0.3) is 0 Å². The Morgan fingerprint density at radius 2 is 1.81 bits per heavy atom. The van der Waals surface area contributed by atoms with Gasteiger partial charge in [-0.2, -0.15) is 0 Å². The predicted octanol–water partition coefficient (Wildman–Crippen LogP) is 2.24. The summed E-state index contributed by atoms with van der Waals surface area (Å²) in [4.78, 5) is 0. The number of nitrogens with one attached hydrogen (secondary N) is 2. The molecule has 5 heteroatoms. The van der Waals surface area contributed by atoms with Gasteiger partial charge in [-0.1, -0.05) is 43.2 Å². The zero-order valence-corrected chi connectivity index (χ0v) is 13.5. The molecular formula is C16H26N2O2S. The van der Waals surface area contributed by atoms with Crippen LogP contribution >= 0.6 is 0 Å². The van der Waals surface area contributed by atoms with Gasteiger partial charge in [0.25, 0.3) is 0 Å². The van der Waals surface area contributed by atoms with E-state index in [2.05, 4.69) is 40.4 Å². The van der Waals surface area contributed by atoms with E-state index >= 15 is 0 Å². The monoisotopic (exact) mass is 310 g/mol. The van der Waals surface area contributed by atoms with Gasteiger partial charge in [-0.25, -0.2) is 13.1 Å². The maximum Gasteiger partial charge on any atom is 0.208 e. The standard InChI is InChI=1S/C16H26N2O2S/c1-21(19,20)18-13-7-12-17-16-11-6-5-10-15(16)14-8-3-2-4-9-14/h2-4,8-9,15-18H,5-7,10-13H2,1H3/t15-,16-/m0/s1. The number of sulfonamides is 1. The number of rotatable bonds is 7. The molecule has 0 heterocycles. The minimum atomic E-state index is -3.06. The van der Waals surface area contributed by atoms with Crippen molar-refractivity contribution < 1.29 is 8.42 Å². The highest BCUT2D eigenvalue weighted by atomic mass is 32.2. The Morgan fingerprint density at radius 1 is 1.10 bits per heavy atom. The van der Waals surface area contributed by atoms with Gasteiger partial charge in [0.2, 0.25) is 10.0 Å². The van der Waals surface area contributed by atoms with Gasteiger partial charge in [-0.15, -0.1) is 0 Å². The largest absolute Gasteiger partial charge is 0.313 e. The first kappa shape index (κ1) is 16.5. The summed E-state index contributed by atoms with van der Waals surface area (Å²) in [5.74, 6) is 0.586. The van der Waals surface area contributed by atoms with E-state index in [1.807, 2.05) is 0 Å². The van der Waals surface area contributed by atoms with Crippen LogP contribution in [-0.2, 0) is 10.0 Å². The molecule has 0 radical (unpaired) electrons. The first-order valence-electron chi connectivity index (χ1n) is 7.79. The zero-order chi connectivity index (χ0) is 15.1. The van der Waals surface area contributed by atoms with Crippen LogP contribution in [-0.4, -0.2) is 33.8 Å². The van der Waals surface area contributed by atoms with E-state index in [0.717, 1.165) is 13.0 Å². The maximum absolute atomic E-state index is 11.0. The fraction of sp³-hybridized carbons (Fsp3) is 0.625. The van der Waals surface area contributed by atoms with Crippen molar-refractivity contribution >= 4 is 10.0 Å². The van der Waals surface area contributed by atoms with Gasteiger partial charge in [-0.05, 0) is 37.3 Å². The summed E-state index contributed by atoms with van der Waals surface area (Å²) >= 11 is 0. The second-order valence-electron chi connectivity index (χ2n) is 5.88. The SMILES string of the molecule is CS(=O)(=O)NCCCN[C@H]1CCCC[C@H]1c1ccccc1. The molecular weight excluding hydrogens is 284 g/mol. The molecule has 1 aliphatic carbocycles. The molecule has 21 heavy (non-hydrogen) atoms. The highest BCUT2D eigenvalue weighted by Crippen LogP contribution is 2.32. The van der Waals surface area contributed by atoms with Gasteiger partial charge in [0.15, 0.2) is 0 Å². The molecule has 0 unspecified atom stereocenters. The average molecular weight is 310 g/mol. The summed E-state index contributed by atoms with van der Waals surface area (Å²) in [6.07, 6.45) is 7.05. The first-order valence-corrected chi connectivity index (χ1v) is 9.68. The Kier molecular flexibility index (Phi) is 6.21. The summed E-state index contributed by atoms with van der Waals surface area (Å²) in [5, 5.41) is 3.62. The summed E-state index contributed by atoms with van der Waals surface area (Å²) in [6, 6.07) is 11.2. The summed E-state index contributed by atoms with van der Waals surface area (Å²) < 4.78 is 24.5. The Bertz CT molecular complexity index is 516. The van der Waals surface area contributed by atoms with Crippen LogP contribution in [0.3, 0.4) is 0 Å². The minimum absolute atomic E-state index is 0.508. The van der Waals surface area contributed by atoms with Crippen molar-refractivity contribution in [3.63, 3.8) is 0 Å². The van der Waals surface area contributed by atoms with Crippen LogP contribution in [0.2, 0.25) is 0 Å². The lowest BCUT2D eigenvalue weighted by Crippen LogP contribution is -2.38. The van der Waals surface area contributed by atoms with Gasteiger partial charge in [0, 0.05) is 12.6 Å². The highest BCUT2D eigenvalue weighted by molar-refractivity contribution is 7.88. The molecule has 1 aliphatic rings. The van der Waals surface area contributed by atoms with Crippen molar-refractivity contribution in [3.05, 3.63) is 35.9 Å². The van der Waals surface area contributed by atoms with Crippen LogP contribution in [0, 0.1) is 0 Å². The molecule has 118 valence electrons. The van der Waals surface area contributed by atoms with E-state index in [1.54, 1.807) is 0 Å². The fourth-order valence-electron chi connectivity index (χ4n) is 3.11. The van der Waals surface area contributed by atoms with Crippen molar-refractivity contribution in [2.45, 2.75) is 44.1 Å². The molecule has 0 spiro atoms. The summed E-state index contributed by atoms with van der Waals surface area (Å²) in [7, 11) is -3.06. The van der Waals surface area contributed by atoms with E-state index in [4.69, 9.17) is 0 Å². The van der Waals surface area contributed by atoms with Crippen molar-refractivity contribution in [1.82, 2.24) is 10.0 Å². The van der Waals surface area contributed by atoms with Crippen molar-refractivity contribution in [3.8, 4) is 0 Å². The van der Waals surface area contributed by atoms with Crippen molar-refractivity contribution in [2.24, 2.45) is 0 Å². The molecule has 1 fully saturated rings. The average Bonchev–Trinajstić information content (AvgIpc) is 2.47. The molecule has 1 aromatic carbocycles. The second-order valence-corrected chi connectivity index (χ2v) is 7.72. The van der Waals surface area contributed by atoms with E-state index in [9.17, 15) is 8.42 Å². The Labute approximate surface area is 128 Å². The second kappa shape index (κ2) is 7.92. The minimum Gasteiger partial charge on any atom is -0.313 e. The lowest BCUT2D eigenvalue weighted by atomic mass is 9.80. The van der Waals surface area contributed by atoms with Gasteiger partial charge >= 0.3 is 0 Å². The van der Waals surface area contributed by atoms with Gasteiger partial charge in [0.1, 0.15) is 0 Å². The molecule has 0 saturated heterocycles. The third-order valence-electron chi connectivity index (χ3n) is 4.12. The van der Waals surface area contributed by atoms with Crippen LogP contribution < -0.4 is 10.0 Å². The van der Waals surface area contributed by atoms with Crippen molar-refractivity contribution in [2.75, 3.05) is 19.3 Å². The van der Waals surface area contributed by atoms with E-state index in [-0.39, 0.29) is 0 Å². The Morgan fingerprint density at radius 3 is 2.52 bits per heavy atom. The molecule has 2 rings (SSSR count). The van der Waals surface area contributed by atoms with Crippen LogP contribution in [0.1, 0.15) is 43.6 Å². The number of hydrogen-bond donors (Lipinski definition) is 2. The number of benzene rings is 1. The smallest absolute Gasteiger partial charge is 0.208 e. The molecule has 2 atom stereocenters. The van der Waals surface area contributed by atoms with E-state index < -0.39 is 10.0 Å². The van der Waals surface area contributed by atoms with E-state index in [0.29, 0.717) is 18.5 Å². The Balaban J connectivity index is 1.80. The van der Waals surface area contributed by atoms with E-state index in [1.165, 1.54) is 37.5 Å². The fourth-order valence-corrected chi connectivity index (χ4v) is 3.62. The maximum atomic E-state index is 11.0. The normalized spacial score (nSPS) is 23.1. The summed E-state index contributed by atoms with van der Waals surface area (Å²) in [5.41, 5.74) is 1.42. The summed E-state index contributed by atoms with van der Waals surface area (Å²) in [6.45, 7) is 1.37. The van der Waals surface area contributed by atoms with Crippen LogP contribution in [0.5, 0.6) is 0 Å². The molecule has 0 aliphatic heterocycles. The topological polar surface area (TPSA) is 58.2 Å². The molecule has 0 aromatic heterocycles. The number of hydrogen-bond acceptors (Lipinski definition) is 3. The molecule has 4 nitrogen and oxygen atoms in total. The highest BCUT2D eigenvalue weighted by Gasteiger charge is 2.25. The molecule has 1 aromatic rings. The van der Waals surface area contributed by atoms with Gasteiger partial charge < -0.3 is 5.32 Å². The van der Waals surface area contributed by atoms with Crippen LogP contribution in [0.4, 0.5) is 0 Å². The zero-order valence-electron chi connectivity index (χ0n) is 12.7. The lowest BCUT2D eigenvalue weighted by molar-refractivity contribution is 0.327. The lowest BCUT2D eigenvalue weighted by Gasteiger charge is -2.33. The quantitative estimate of drug-likeness (QED) is 0.759. The van der Waals surface area contributed by atoms with Gasteiger partial charge in [0.05, 0.1) is 6.26 Å². The molecule has 0 bridgehead atoms. The Hall–Kier alpha value is -0.910. The molecule has 1 saturated carbocycles. The molecule has 0 amide bonds. The third-order valence-corrected chi connectivity index (χ3v) is 4.85. The first-order chi connectivity index (χ1) is 10.1.